The van der Waals surface area contributed by atoms with Crippen molar-refractivity contribution in [2.45, 2.75) is 18.8 Å². The first-order valence-electron chi connectivity index (χ1n) is 5.85. The molecule has 2 heterocycles. The molecule has 0 aliphatic heterocycles. The number of alkyl halides is 1. The summed E-state index contributed by atoms with van der Waals surface area (Å²) < 4.78 is 3.21. The molecule has 2 aromatic heterocycles. The number of rotatable bonds is 4. The number of halogens is 2. The minimum absolute atomic E-state index is 0.420. The molecule has 0 bridgehead atoms. The van der Waals surface area contributed by atoms with Crippen LogP contribution in [0.15, 0.2) is 33.6 Å². The van der Waals surface area contributed by atoms with Crippen molar-refractivity contribution in [2.24, 2.45) is 0 Å². The molecule has 0 saturated carbocycles. The predicted molar refractivity (Wildman–Crippen MR) is 82.8 cm³/mol. The summed E-state index contributed by atoms with van der Waals surface area (Å²) in [6, 6.07) is 6.12. The Labute approximate surface area is 128 Å². The maximum Gasteiger partial charge on any atom is 0.124 e. The van der Waals surface area contributed by atoms with E-state index in [1.54, 1.807) is 11.3 Å². The van der Waals surface area contributed by atoms with Gasteiger partial charge >= 0.3 is 0 Å². The van der Waals surface area contributed by atoms with E-state index in [1.807, 2.05) is 17.6 Å². The summed E-state index contributed by atoms with van der Waals surface area (Å²) in [5.41, 5.74) is 5.07. The van der Waals surface area contributed by atoms with Crippen molar-refractivity contribution < 1.29 is 0 Å². The zero-order valence-corrected chi connectivity index (χ0v) is 13.2. The molecule has 0 aliphatic carbocycles. The lowest BCUT2D eigenvalue weighted by molar-refractivity contribution is 0.680. The molecular formula is C13H11BrClN3S. The SMILES string of the molecule is ClCc1nc2cc(Br)ccc2n1CCc1cscn1. The number of fused-ring (bicyclic) bond motifs is 1. The van der Waals surface area contributed by atoms with Gasteiger partial charge in [0.1, 0.15) is 5.82 Å². The second-order valence-electron chi connectivity index (χ2n) is 4.18. The summed E-state index contributed by atoms with van der Waals surface area (Å²) in [7, 11) is 0. The van der Waals surface area contributed by atoms with Crippen molar-refractivity contribution in [1.29, 1.82) is 0 Å². The monoisotopic (exact) mass is 355 g/mol. The first-order valence-corrected chi connectivity index (χ1v) is 8.12. The lowest BCUT2D eigenvalue weighted by Crippen LogP contribution is -2.05. The molecule has 0 fully saturated rings. The van der Waals surface area contributed by atoms with Gasteiger partial charge < -0.3 is 4.57 Å². The third-order valence-corrected chi connectivity index (χ3v) is 4.35. The van der Waals surface area contributed by atoms with Gasteiger partial charge in [-0.05, 0) is 18.2 Å². The normalized spacial score (nSPS) is 11.3. The van der Waals surface area contributed by atoms with Gasteiger partial charge in [-0.15, -0.1) is 22.9 Å². The fourth-order valence-electron chi connectivity index (χ4n) is 2.09. The van der Waals surface area contributed by atoms with E-state index in [-0.39, 0.29) is 0 Å². The highest BCUT2D eigenvalue weighted by molar-refractivity contribution is 9.10. The average molecular weight is 357 g/mol. The second-order valence-corrected chi connectivity index (χ2v) is 6.08. The molecule has 0 unspecified atom stereocenters. The number of aryl methyl sites for hydroxylation is 2. The van der Waals surface area contributed by atoms with Gasteiger partial charge in [-0.3, -0.25) is 0 Å². The number of aromatic nitrogens is 3. The molecular weight excluding hydrogens is 346 g/mol. The molecule has 19 heavy (non-hydrogen) atoms. The number of hydrogen-bond donors (Lipinski definition) is 0. The molecule has 0 saturated heterocycles. The van der Waals surface area contributed by atoms with Gasteiger partial charge in [0.15, 0.2) is 0 Å². The third kappa shape index (κ3) is 2.68. The van der Waals surface area contributed by atoms with E-state index < -0.39 is 0 Å². The van der Waals surface area contributed by atoms with Crippen LogP contribution in [0.1, 0.15) is 11.5 Å². The number of benzene rings is 1. The van der Waals surface area contributed by atoms with Crippen LogP contribution in [0.2, 0.25) is 0 Å². The smallest absolute Gasteiger partial charge is 0.124 e. The highest BCUT2D eigenvalue weighted by atomic mass is 79.9. The van der Waals surface area contributed by atoms with Crippen LogP contribution in [-0.2, 0) is 18.8 Å². The van der Waals surface area contributed by atoms with E-state index in [0.717, 1.165) is 40.0 Å². The van der Waals surface area contributed by atoms with E-state index in [0.29, 0.717) is 5.88 Å². The Morgan fingerprint density at radius 2 is 2.26 bits per heavy atom. The number of thiazole rings is 1. The van der Waals surface area contributed by atoms with Crippen LogP contribution < -0.4 is 0 Å². The first-order chi connectivity index (χ1) is 9.28. The Kier molecular flexibility index (Phi) is 3.86. The highest BCUT2D eigenvalue weighted by Crippen LogP contribution is 2.22. The molecule has 6 heteroatoms. The fraction of sp³-hybridized carbons (Fsp3) is 0.231. The molecule has 0 spiro atoms. The standard InChI is InChI=1S/C13H11BrClN3S/c14-9-1-2-12-11(5-9)17-13(6-15)18(12)4-3-10-7-19-8-16-10/h1-2,5,7-8H,3-4,6H2. The molecule has 0 N–H and O–H groups in total. The molecule has 3 aromatic rings. The van der Waals surface area contributed by atoms with E-state index in [1.165, 1.54) is 0 Å². The third-order valence-electron chi connectivity index (χ3n) is 2.98. The van der Waals surface area contributed by atoms with Crippen LogP contribution in [0, 0.1) is 0 Å². The van der Waals surface area contributed by atoms with Gasteiger partial charge in [0.2, 0.25) is 0 Å². The Morgan fingerprint density at radius 3 is 3.00 bits per heavy atom. The minimum Gasteiger partial charge on any atom is -0.327 e. The summed E-state index contributed by atoms with van der Waals surface area (Å²) in [6.45, 7) is 0.851. The van der Waals surface area contributed by atoms with Crippen molar-refractivity contribution in [3.8, 4) is 0 Å². The Hall–Kier alpha value is -0.910. The first kappa shape index (κ1) is 13.1. The maximum absolute atomic E-state index is 6.00. The predicted octanol–water partition coefficient (Wildman–Crippen LogP) is 4.24. The number of imidazole rings is 1. The summed E-state index contributed by atoms with van der Waals surface area (Å²) >= 11 is 11.1. The van der Waals surface area contributed by atoms with Crippen molar-refractivity contribution in [1.82, 2.24) is 14.5 Å². The average Bonchev–Trinajstić information content (AvgIpc) is 3.02. The maximum atomic E-state index is 6.00. The zero-order chi connectivity index (χ0) is 13.2. The largest absolute Gasteiger partial charge is 0.327 e. The van der Waals surface area contributed by atoms with E-state index in [4.69, 9.17) is 11.6 Å². The lowest BCUT2D eigenvalue weighted by Gasteiger charge is -2.06. The number of nitrogens with zero attached hydrogens (tertiary/aromatic N) is 3. The van der Waals surface area contributed by atoms with Gasteiger partial charge in [-0.2, -0.15) is 0 Å². The Morgan fingerprint density at radius 1 is 1.37 bits per heavy atom. The minimum atomic E-state index is 0.420. The fourth-order valence-corrected chi connectivity index (χ4v) is 3.24. The molecule has 0 atom stereocenters. The van der Waals surface area contributed by atoms with Crippen LogP contribution in [0.5, 0.6) is 0 Å². The summed E-state index contributed by atoms with van der Waals surface area (Å²) in [6.07, 6.45) is 0.898. The van der Waals surface area contributed by atoms with Crippen LogP contribution in [0.3, 0.4) is 0 Å². The topological polar surface area (TPSA) is 30.7 Å². The quantitative estimate of drug-likeness (QED) is 0.655. The van der Waals surface area contributed by atoms with Crippen LogP contribution in [0.4, 0.5) is 0 Å². The molecule has 0 amide bonds. The zero-order valence-electron chi connectivity index (χ0n) is 10.0. The lowest BCUT2D eigenvalue weighted by atomic mass is 10.3. The van der Waals surface area contributed by atoms with Gasteiger partial charge in [-0.1, -0.05) is 15.9 Å². The molecule has 0 aliphatic rings. The molecule has 3 nitrogen and oxygen atoms in total. The highest BCUT2D eigenvalue weighted by Gasteiger charge is 2.10. The summed E-state index contributed by atoms with van der Waals surface area (Å²) in [5.74, 6) is 1.33. The van der Waals surface area contributed by atoms with Crippen molar-refractivity contribution in [3.05, 3.63) is 45.1 Å². The molecule has 3 rings (SSSR count). The Balaban J connectivity index is 1.96. The molecule has 98 valence electrons. The van der Waals surface area contributed by atoms with Crippen molar-refractivity contribution in [3.63, 3.8) is 0 Å². The van der Waals surface area contributed by atoms with Gasteiger partial charge in [0.05, 0.1) is 28.1 Å². The second kappa shape index (κ2) is 5.61. The summed E-state index contributed by atoms with van der Waals surface area (Å²) in [5, 5.41) is 2.08. The number of hydrogen-bond acceptors (Lipinski definition) is 3. The van der Waals surface area contributed by atoms with Crippen LogP contribution >= 0.6 is 38.9 Å². The van der Waals surface area contributed by atoms with Crippen LogP contribution in [0.25, 0.3) is 11.0 Å². The molecule has 1 aromatic carbocycles. The molecule has 0 radical (unpaired) electrons. The van der Waals surface area contributed by atoms with Gasteiger partial charge in [-0.25, -0.2) is 9.97 Å². The van der Waals surface area contributed by atoms with E-state index >= 15 is 0 Å². The van der Waals surface area contributed by atoms with Gasteiger partial charge in [0, 0.05) is 22.8 Å². The van der Waals surface area contributed by atoms with Crippen molar-refractivity contribution in [2.75, 3.05) is 0 Å². The van der Waals surface area contributed by atoms with Crippen molar-refractivity contribution >= 4 is 49.9 Å². The summed E-state index contributed by atoms with van der Waals surface area (Å²) in [4.78, 5) is 8.88. The Bertz CT molecular complexity index is 693. The van der Waals surface area contributed by atoms with Gasteiger partial charge in [0.25, 0.3) is 0 Å². The van der Waals surface area contributed by atoms with E-state index in [2.05, 4.69) is 41.9 Å². The van der Waals surface area contributed by atoms with Crippen LogP contribution in [-0.4, -0.2) is 14.5 Å². The van der Waals surface area contributed by atoms with E-state index in [9.17, 15) is 0 Å².